The van der Waals surface area contributed by atoms with Crippen molar-refractivity contribution in [3.05, 3.63) is 36.3 Å². The molecule has 0 fully saturated rings. The topological polar surface area (TPSA) is 61.4 Å². The summed E-state index contributed by atoms with van der Waals surface area (Å²) in [6.07, 6.45) is 2.94. The van der Waals surface area contributed by atoms with Crippen LogP contribution in [0.5, 0.6) is 0 Å². The van der Waals surface area contributed by atoms with Crippen LogP contribution < -0.4 is 15.5 Å². The van der Waals surface area contributed by atoms with Crippen LogP contribution in [-0.4, -0.2) is 26.4 Å². The van der Waals surface area contributed by atoms with E-state index in [0.29, 0.717) is 17.8 Å². The van der Waals surface area contributed by atoms with Gasteiger partial charge in [-0.05, 0) is 12.1 Å². The van der Waals surface area contributed by atoms with Gasteiger partial charge in [-0.2, -0.15) is 0 Å². The fraction of sp³-hybridized carbons (Fsp3) is 0.167. The minimum Gasteiger partial charge on any atom is -0.386 e. The summed E-state index contributed by atoms with van der Waals surface area (Å²) in [4.78, 5) is 23.0. The van der Waals surface area contributed by atoms with E-state index in [1.807, 2.05) is 0 Å². The second-order valence-electron chi connectivity index (χ2n) is 3.36. The lowest BCUT2D eigenvalue weighted by molar-refractivity contribution is -0.116. The molecule has 1 aromatic rings. The minimum atomic E-state index is -0.477. The number of nitrogens with one attached hydrogen (secondary N) is 2. The highest BCUT2D eigenvalue weighted by molar-refractivity contribution is 5.89. The molecular formula is C12H14FN3O2. The molecule has 0 aliphatic rings. The Balaban J connectivity index is 2.95. The SMILES string of the molecule is CNC(=O)/C=C\N(C=O)c1ccc(NC)c(F)c1. The minimum absolute atomic E-state index is 0.333. The number of carbonyl (C=O) groups is 2. The van der Waals surface area contributed by atoms with Crippen LogP contribution >= 0.6 is 0 Å². The van der Waals surface area contributed by atoms with Crippen LogP contribution in [0.15, 0.2) is 30.5 Å². The lowest BCUT2D eigenvalue weighted by Crippen LogP contribution is -2.18. The van der Waals surface area contributed by atoms with Crippen LogP contribution in [-0.2, 0) is 9.59 Å². The van der Waals surface area contributed by atoms with Crippen molar-refractivity contribution in [1.82, 2.24) is 5.32 Å². The van der Waals surface area contributed by atoms with Crippen molar-refractivity contribution in [2.45, 2.75) is 0 Å². The summed E-state index contributed by atoms with van der Waals surface area (Å²) in [5.41, 5.74) is 0.668. The maximum Gasteiger partial charge on any atom is 0.245 e. The standard InChI is InChI=1S/C12H14FN3O2/c1-14-11-4-3-9(7-10(11)13)16(8-17)6-5-12(18)15-2/h3-8,14H,1-2H3,(H,15,18)/b6-5-. The highest BCUT2D eigenvalue weighted by Crippen LogP contribution is 2.21. The molecule has 2 amide bonds. The number of hydrogen-bond donors (Lipinski definition) is 2. The molecule has 0 saturated heterocycles. The molecule has 96 valence electrons. The number of nitrogens with zero attached hydrogens (tertiary/aromatic N) is 1. The van der Waals surface area contributed by atoms with Gasteiger partial charge in [-0.15, -0.1) is 0 Å². The first-order valence-corrected chi connectivity index (χ1v) is 5.23. The van der Waals surface area contributed by atoms with Gasteiger partial charge >= 0.3 is 0 Å². The number of carbonyl (C=O) groups excluding carboxylic acids is 2. The van der Waals surface area contributed by atoms with Crippen molar-refractivity contribution in [2.75, 3.05) is 24.3 Å². The number of rotatable bonds is 5. The molecule has 0 spiro atoms. The molecule has 5 nitrogen and oxygen atoms in total. The van der Waals surface area contributed by atoms with Gasteiger partial charge < -0.3 is 10.6 Å². The molecule has 0 unspecified atom stereocenters. The Morgan fingerprint density at radius 1 is 1.39 bits per heavy atom. The molecule has 0 atom stereocenters. The predicted octanol–water partition coefficient (Wildman–Crippen LogP) is 1.09. The first kappa shape index (κ1) is 13.7. The first-order chi connectivity index (χ1) is 8.62. The molecule has 18 heavy (non-hydrogen) atoms. The number of amides is 2. The second-order valence-corrected chi connectivity index (χ2v) is 3.36. The first-order valence-electron chi connectivity index (χ1n) is 5.23. The molecule has 2 N–H and O–H groups in total. The van der Waals surface area contributed by atoms with Gasteiger partial charge in [0.2, 0.25) is 12.3 Å². The highest BCUT2D eigenvalue weighted by Gasteiger charge is 2.06. The Morgan fingerprint density at radius 2 is 2.11 bits per heavy atom. The largest absolute Gasteiger partial charge is 0.386 e. The average molecular weight is 251 g/mol. The van der Waals surface area contributed by atoms with Crippen molar-refractivity contribution in [2.24, 2.45) is 0 Å². The van der Waals surface area contributed by atoms with E-state index in [4.69, 9.17) is 0 Å². The molecule has 1 aromatic carbocycles. The molecule has 0 heterocycles. The Bertz CT molecular complexity index is 474. The summed E-state index contributed by atoms with van der Waals surface area (Å²) >= 11 is 0. The normalized spacial score (nSPS) is 10.2. The predicted molar refractivity (Wildman–Crippen MR) is 67.7 cm³/mol. The molecule has 1 rings (SSSR count). The maximum absolute atomic E-state index is 13.5. The summed E-state index contributed by atoms with van der Waals surface area (Å²) < 4.78 is 13.5. The fourth-order valence-corrected chi connectivity index (χ4v) is 1.28. The lowest BCUT2D eigenvalue weighted by Gasteiger charge is -2.13. The van der Waals surface area contributed by atoms with Gasteiger partial charge in [0.1, 0.15) is 5.82 Å². The number of benzene rings is 1. The fourth-order valence-electron chi connectivity index (χ4n) is 1.28. The zero-order chi connectivity index (χ0) is 13.5. The highest BCUT2D eigenvalue weighted by atomic mass is 19.1. The van der Waals surface area contributed by atoms with Crippen LogP contribution in [0.2, 0.25) is 0 Å². The van der Waals surface area contributed by atoms with Crippen molar-refractivity contribution in [1.29, 1.82) is 0 Å². The van der Waals surface area contributed by atoms with E-state index in [9.17, 15) is 14.0 Å². The van der Waals surface area contributed by atoms with E-state index in [2.05, 4.69) is 10.6 Å². The van der Waals surface area contributed by atoms with Gasteiger partial charge in [0.15, 0.2) is 0 Å². The Hall–Kier alpha value is -2.37. The second kappa shape index (κ2) is 6.39. The van der Waals surface area contributed by atoms with Crippen LogP contribution in [0.25, 0.3) is 0 Å². The van der Waals surface area contributed by atoms with Gasteiger partial charge in [0, 0.05) is 32.4 Å². The Kier molecular flexibility index (Phi) is 4.86. The number of hydrogen-bond acceptors (Lipinski definition) is 3. The van der Waals surface area contributed by atoms with Crippen molar-refractivity contribution >= 4 is 23.7 Å². The lowest BCUT2D eigenvalue weighted by atomic mass is 10.2. The molecule has 0 radical (unpaired) electrons. The average Bonchev–Trinajstić information content (AvgIpc) is 2.39. The molecule has 0 aliphatic heterocycles. The molecule has 0 saturated carbocycles. The Labute approximate surface area is 104 Å². The third-order valence-electron chi connectivity index (χ3n) is 2.27. The van der Waals surface area contributed by atoms with E-state index in [1.165, 1.54) is 31.5 Å². The molecule has 0 bridgehead atoms. The Morgan fingerprint density at radius 3 is 2.61 bits per heavy atom. The van der Waals surface area contributed by atoms with Gasteiger partial charge in [-0.25, -0.2) is 4.39 Å². The van der Waals surface area contributed by atoms with E-state index in [1.54, 1.807) is 13.1 Å². The summed E-state index contributed by atoms with van der Waals surface area (Å²) in [7, 11) is 3.07. The van der Waals surface area contributed by atoms with Crippen LogP contribution in [0.4, 0.5) is 15.8 Å². The monoisotopic (exact) mass is 251 g/mol. The third kappa shape index (κ3) is 3.31. The zero-order valence-electron chi connectivity index (χ0n) is 10.1. The number of likely N-dealkylation sites (N-methyl/N-ethyl adjacent to an activating group) is 1. The molecule has 0 aliphatic carbocycles. The molecular weight excluding hydrogens is 237 g/mol. The van der Waals surface area contributed by atoms with E-state index >= 15 is 0 Å². The summed E-state index contributed by atoms with van der Waals surface area (Å²) in [6.45, 7) is 0. The van der Waals surface area contributed by atoms with Crippen molar-refractivity contribution in [3.8, 4) is 0 Å². The van der Waals surface area contributed by atoms with Crippen molar-refractivity contribution < 1.29 is 14.0 Å². The summed E-state index contributed by atoms with van der Waals surface area (Å²) in [5.74, 6) is -0.829. The zero-order valence-corrected chi connectivity index (χ0v) is 10.1. The van der Waals surface area contributed by atoms with Gasteiger partial charge in [-0.1, -0.05) is 0 Å². The van der Waals surface area contributed by atoms with Gasteiger partial charge in [0.25, 0.3) is 0 Å². The molecule has 6 heteroatoms. The van der Waals surface area contributed by atoms with E-state index in [0.717, 1.165) is 4.90 Å². The molecule has 0 aromatic heterocycles. The van der Waals surface area contributed by atoms with Crippen LogP contribution in [0, 0.1) is 5.82 Å². The maximum atomic E-state index is 13.5. The number of anilines is 2. The quantitative estimate of drug-likeness (QED) is 0.608. The van der Waals surface area contributed by atoms with Gasteiger partial charge in [-0.3, -0.25) is 14.5 Å². The third-order valence-corrected chi connectivity index (χ3v) is 2.27. The summed E-state index contributed by atoms with van der Waals surface area (Å²) in [6, 6.07) is 4.28. The van der Waals surface area contributed by atoms with Crippen LogP contribution in [0.1, 0.15) is 0 Å². The van der Waals surface area contributed by atoms with Crippen molar-refractivity contribution in [3.63, 3.8) is 0 Å². The van der Waals surface area contributed by atoms with Gasteiger partial charge in [0.05, 0.1) is 11.4 Å². The smallest absolute Gasteiger partial charge is 0.245 e. The van der Waals surface area contributed by atoms with Crippen LogP contribution in [0.3, 0.4) is 0 Å². The summed E-state index contributed by atoms with van der Waals surface area (Å²) in [5, 5.41) is 5.05. The number of halogens is 1. The van der Waals surface area contributed by atoms with E-state index < -0.39 is 5.82 Å². The van der Waals surface area contributed by atoms with E-state index in [-0.39, 0.29) is 5.91 Å².